The van der Waals surface area contributed by atoms with Crippen molar-refractivity contribution in [2.45, 2.75) is 25.1 Å². The maximum atomic E-state index is 12.1. The van der Waals surface area contributed by atoms with Crippen molar-refractivity contribution in [1.82, 2.24) is 20.4 Å². The molecule has 2 fully saturated rings. The van der Waals surface area contributed by atoms with Gasteiger partial charge in [0, 0.05) is 43.7 Å². The van der Waals surface area contributed by atoms with Crippen LogP contribution in [0, 0.1) is 0 Å². The average Bonchev–Trinajstić information content (AvgIpc) is 3.11. The van der Waals surface area contributed by atoms with Gasteiger partial charge >= 0.3 is 12.1 Å². The summed E-state index contributed by atoms with van der Waals surface area (Å²) in [5, 5.41) is 18.3. The third-order valence-corrected chi connectivity index (χ3v) is 4.81. The van der Waals surface area contributed by atoms with Crippen LogP contribution in [0.2, 0.25) is 0 Å². The molecule has 9 nitrogen and oxygen atoms in total. The van der Waals surface area contributed by atoms with Gasteiger partial charge in [0.05, 0.1) is 11.7 Å². The summed E-state index contributed by atoms with van der Waals surface area (Å²) in [5.41, 5.74) is 2.11. The van der Waals surface area contributed by atoms with Crippen LogP contribution >= 0.6 is 0 Å². The lowest BCUT2D eigenvalue weighted by Gasteiger charge is -2.29. The molecule has 3 N–H and O–H groups in total. The first-order valence-electron chi connectivity index (χ1n) is 9.23. The van der Waals surface area contributed by atoms with Crippen molar-refractivity contribution < 1.29 is 32.7 Å². The number of carbonyl (C=O) groups is 3. The Morgan fingerprint density at radius 2 is 1.87 bits per heavy atom. The zero-order chi connectivity index (χ0) is 21.9. The van der Waals surface area contributed by atoms with Crippen molar-refractivity contribution in [3.05, 3.63) is 24.4 Å². The number of aromatic nitrogens is 2. The van der Waals surface area contributed by atoms with Crippen LogP contribution in [-0.4, -0.2) is 65.0 Å². The van der Waals surface area contributed by atoms with Crippen LogP contribution in [0.1, 0.15) is 18.9 Å². The number of carbonyl (C=O) groups excluding carboxylic acids is 2. The maximum absolute atomic E-state index is 12.1. The molecule has 1 atom stereocenters. The Morgan fingerprint density at radius 1 is 1.20 bits per heavy atom. The van der Waals surface area contributed by atoms with Crippen LogP contribution < -0.4 is 15.5 Å². The number of hydrogen-bond donors (Lipinski definition) is 3. The summed E-state index contributed by atoms with van der Waals surface area (Å²) in [6.07, 6.45) is -2.43. The fourth-order valence-electron chi connectivity index (χ4n) is 3.32. The van der Waals surface area contributed by atoms with Gasteiger partial charge in [-0.2, -0.15) is 18.3 Å². The number of nitrogens with zero attached hydrogens (tertiary/aromatic N) is 3. The number of anilines is 1. The van der Waals surface area contributed by atoms with E-state index in [1.807, 2.05) is 6.07 Å². The highest BCUT2D eigenvalue weighted by Crippen LogP contribution is 2.27. The number of piperazine rings is 1. The van der Waals surface area contributed by atoms with Crippen molar-refractivity contribution in [2.24, 2.45) is 0 Å². The molecule has 2 amide bonds. The minimum Gasteiger partial charge on any atom is -0.475 e. The highest BCUT2D eigenvalue weighted by atomic mass is 19.4. The normalized spacial score (nSPS) is 19.8. The Labute approximate surface area is 168 Å². The van der Waals surface area contributed by atoms with E-state index in [4.69, 9.17) is 9.90 Å². The minimum atomic E-state index is -5.08. The van der Waals surface area contributed by atoms with Crippen molar-refractivity contribution in [1.29, 1.82) is 0 Å². The Balaban J connectivity index is 0.000000318. The second kappa shape index (κ2) is 8.69. The molecule has 1 unspecified atom stereocenters. The summed E-state index contributed by atoms with van der Waals surface area (Å²) in [7, 11) is 0. The molecule has 1 aromatic heterocycles. The highest BCUT2D eigenvalue weighted by molar-refractivity contribution is 6.00. The monoisotopic (exact) mass is 427 g/mol. The van der Waals surface area contributed by atoms with E-state index < -0.39 is 18.2 Å². The molecule has 30 heavy (non-hydrogen) atoms. The summed E-state index contributed by atoms with van der Waals surface area (Å²) in [4.78, 5) is 34.6. The van der Waals surface area contributed by atoms with Crippen molar-refractivity contribution in [3.63, 3.8) is 0 Å². The third kappa shape index (κ3) is 4.87. The van der Waals surface area contributed by atoms with Gasteiger partial charge in [0.15, 0.2) is 0 Å². The summed E-state index contributed by atoms with van der Waals surface area (Å²) < 4.78 is 33.5. The molecule has 1 aromatic carbocycles. The first-order valence-corrected chi connectivity index (χ1v) is 9.23. The first kappa shape index (κ1) is 21.6. The molecular weight excluding hydrogens is 407 g/mol. The molecular formula is C18H20F3N5O4. The van der Waals surface area contributed by atoms with E-state index in [9.17, 15) is 22.8 Å². The number of amides is 2. The van der Waals surface area contributed by atoms with E-state index in [0.717, 1.165) is 37.1 Å². The van der Waals surface area contributed by atoms with Gasteiger partial charge in [-0.05, 0) is 24.6 Å². The number of nitrogens with one attached hydrogen (secondary N) is 2. The fraction of sp³-hybridized carbons (Fsp3) is 0.444. The van der Waals surface area contributed by atoms with E-state index in [2.05, 4.69) is 32.8 Å². The van der Waals surface area contributed by atoms with E-state index in [1.54, 1.807) is 10.9 Å². The summed E-state index contributed by atoms with van der Waals surface area (Å²) in [5.74, 6) is -3.23. The maximum Gasteiger partial charge on any atom is 0.490 e. The number of carboxylic acids is 1. The molecule has 162 valence electrons. The molecule has 3 heterocycles. The zero-order valence-corrected chi connectivity index (χ0v) is 15.8. The summed E-state index contributed by atoms with van der Waals surface area (Å²) >= 11 is 0. The predicted octanol–water partition coefficient (Wildman–Crippen LogP) is 1.06. The molecule has 2 saturated heterocycles. The van der Waals surface area contributed by atoms with Crippen molar-refractivity contribution >= 4 is 34.4 Å². The molecule has 2 aliphatic rings. The molecule has 0 saturated carbocycles. The summed E-state index contributed by atoms with van der Waals surface area (Å²) in [6, 6.07) is 5.81. The molecule has 4 rings (SSSR count). The van der Waals surface area contributed by atoms with Crippen LogP contribution in [0.3, 0.4) is 0 Å². The lowest BCUT2D eigenvalue weighted by atomic mass is 10.1. The van der Waals surface area contributed by atoms with E-state index in [-0.39, 0.29) is 11.8 Å². The summed E-state index contributed by atoms with van der Waals surface area (Å²) in [6.45, 7) is 3.97. The molecule has 12 heteroatoms. The molecule has 0 bridgehead atoms. The van der Waals surface area contributed by atoms with E-state index >= 15 is 0 Å². The van der Waals surface area contributed by atoms with Gasteiger partial charge in [-0.15, -0.1) is 0 Å². The number of benzene rings is 1. The molecule has 0 spiro atoms. The van der Waals surface area contributed by atoms with Crippen LogP contribution in [0.25, 0.3) is 10.9 Å². The average molecular weight is 427 g/mol. The molecule has 0 aliphatic carbocycles. The zero-order valence-electron chi connectivity index (χ0n) is 15.8. The number of hydrogen-bond acceptors (Lipinski definition) is 6. The number of fused-ring (bicyclic) bond motifs is 1. The van der Waals surface area contributed by atoms with Crippen molar-refractivity contribution in [3.8, 4) is 0 Å². The predicted molar refractivity (Wildman–Crippen MR) is 99.9 cm³/mol. The second-order valence-corrected chi connectivity index (χ2v) is 6.84. The SMILES string of the molecule is O=C(O)C(F)(F)F.O=C1CCC(n2ncc3cc(N4CCNCC4)ccc32)C(=O)N1. The Kier molecular flexibility index (Phi) is 6.25. The third-order valence-electron chi connectivity index (χ3n) is 4.81. The lowest BCUT2D eigenvalue weighted by molar-refractivity contribution is -0.192. The number of halogens is 3. The fourth-order valence-corrected chi connectivity index (χ4v) is 3.32. The van der Waals surface area contributed by atoms with Gasteiger partial charge in [0.1, 0.15) is 6.04 Å². The van der Waals surface area contributed by atoms with Crippen LogP contribution in [0.4, 0.5) is 18.9 Å². The molecule has 2 aromatic rings. The number of piperidine rings is 1. The lowest BCUT2D eigenvalue weighted by Crippen LogP contribution is -2.43. The van der Waals surface area contributed by atoms with Crippen LogP contribution in [-0.2, 0) is 14.4 Å². The van der Waals surface area contributed by atoms with Gasteiger partial charge in [-0.1, -0.05) is 0 Å². The topological polar surface area (TPSA) is 117 Å². The first-order chi connectivity index (χ1) is 14.2. The number of imide groups is 1. The largest absolute Gasteiger partial charge is 0.490 e. The van der Waals surface area contributed by atoms with E-state index in [1.165, 1.54) is 5.69 Å². The van der Waals surface area contributed by atoms with Gasteiger partial charge in [0.2, 0.25) is 5.91 Å². The van der Waals surface area contributed by atoms with Gasteiger partial charge in [0.25, 0.3) is 5.91 Å². The smallest absolute Gasteiger partial charge is 0.475 e. The number of alkyl halides is 3. The highest BCUT2D eigenvalue weighted by Gasteiger charge is 2.38. The Hall–Kier alpha value is -3.15. The van der Waals surface area contributed by atoms with Crippen molar-refractivity contribution in [2.75, 3.05) is 31.1 Å². The van der Waals surface area contributed by atoms with E-state index in [0.29, 0.717) is 12.8 Å². The molecule has 0 radical (unpaired) electrons. The van der Waals surface area contributed by atoms with Crippen LogP contribution in [0.5, 0.6) is 0 Å². The quantitative estimate of drug-likeness (QED) is 0.614. The second-order valence-electron chi connectivity index (χ2n) is 6.84. The Morgan fingerprint density at radius 3 is 2.47 bits per heavy atom. The number of rotatable bonds is 2. The molecule has 2 aliphatic heterocycles. The van der Waals surface area contributed by atoms with Crippen LogP contribution in [0.15, 0.2) is 24.4 Å². The number of carboxylic acid groups (broad SMARTS) is 1. The van der Waals surface area contributed by atoms with Gasteiger partial charge < -0.3 is 15.3 Å². The van der Waals surface area contributed by atoms with Gasteiger partial charge in [-0.25, -0.2) is 4.79 Å². The standard InChI is InChI=1S/C16H19N5O2.C2HF3O2/c22-15-4-3-14(16(23)19-15)21-13-2-1-12(9-11(13)10-18-21)20-7-5-17-6-8-20;3-2(4,5)1(6)7/h1-2,9-10,14,17H,3-8H2,(H,19,22,23);(H,6,7). The minimum absolute atomic E-state index is 0.205. The number of aliphatic carboxylic acids is 1. The van der Waals surface area contributed by atoms with Gasteiger partial charge in [-0.3, -0.25) is 19.6 Å². The Bertz CT molecular complexity index is 953.